The second-order valence-corrected chi connectivity index (χ2v) is 4.84. The van der Waals surface area contributed by atoms with Crippen molar-refractivity contribution < 1.29 is 9.59 Å². The van der Waals surface area contributed by atoms with Crippen molar-refractivity contribution in [2.75, 3.05) is 13.1 Å². The fourth-order valence-corrected chi connectivity index (χ4v) is 2.26. The molecule has 0 unspecified atom stereocenters. The van der Waals surface area contributed by atoms with E-state index < -0.39 is 0 Å². The molecule has 0 bridgehead atoms. The molecule has 0 aromatic carbocycles. The van der Waals surface area contributed by atoms with Gasteiger partial charge in [0.2, 0.25) is 0 Å². The summed E-state index contributed by atoms with van der Waals surface area (Å²) in [6, 6.07) is 1.89. The summed E-state index contributed by atoms with van der Waals surface area (Å²) in [5.74, 6) is -0.131. The molecule has 1 heterocycles. The van der Waals surface area contributed by atoms with Crippen LogP contribution in [0.3, 0.4) is 0 Å². The van der Waals surface area contributed by atoms with Gasteiger partial charge in [-0.25, -0.2) is 0 Å². The molecule has 1 atom stereocenters. The monoisotopic (exact) mass is 290 g/mol. The lowest BCUT2D eigenvalue weighted by Crippen LogP contribution is -2.38. The van der Waals surface area contributed by atoms with Gasteiger partial charge in [0.15, 0.2) is 5.78 Å². The van der Waals surface area contributed by atoms with E-state index in [9.17, 15) is 9.59 Å². The lowest BCUT2D eigenvalue weighted by atomic mass is 10.2. The minimum absolute atomic E-state index is 0. The van der Waals surface area contributed by atoms with E-state index in [0.29, 0.717) is 17.0 Å². The zero-order valence-corrected chi connectivity index (χ0v) is 12.4. The Hall–Kier alpha value is -0.910. The minimum atomic E-state index is -0.118. The predicted octanol–water partition coefficient (Wildman–Crippen LogP) is 2.10. The third-order valence-electron chi connectivity index (χ3n) is 2.35. The maximum atomic E-state index is 11.7. The Labute approximate surface area is 118 Å². The average Bonchev–Trinajstić information content (AvgIpc) is 2.75. The number of carbonyl (C=O) groups excluding carboxylic acids is 2. The Morgan fingerprint density at radius 1 is 1.44 bits per heavy atom. The highest BCUT2D eigenvalue weighted by Gasteiger charge is 2.11. The van der Waals surface area contributed by atoms with E-state index in [0.717, 1.165) is 6.54 Å². The molecule has 4 nitrogen and oxygen atoms in total. The molecule has 0 aliphatic rings. The van der Waals surface area contributed by atoms with Crippen LogP contribution in [0.25, 0.3) is 0 Å². The number of hydrogen-bond donors (Lipinski definition) is 2. The van der Waals surface area contributed by atoms with Gasteiger partial charge in [-0.15, -0.1) is 23.7 Å². The van der Waals surface area contributed by atoms with Crippen LogP contribution in [0.1, 0.15) is 40.8 Å². The second kappa shape index (κ2) is 8.24. The van der Waals surface area contributed by atoms with Gasteiger partial charge in [-0.3, -0.25) is 9.59 Å². The van der Waals surface area contributed by atoms with E-state index in [2.05, 4.69) is 10.6 Å². The summed E-state index contributed by atoms with van der Waals surface area (Å²) in [6.45, 7) is 7.00. The van der Waals surface area contributed by atoms with Crippen LogP contribution < -0.4 is 10.6 Å². The molecule has 0 saturated carbocycles. The Balaban J connectivity index is 0.00000289. The van der Waals surface area contributed by atoms with Gasteiger partial charge >= 0.3 is 0 Å². The third kappa shape index (κ3) is 5.16. The molecular formula is C12H19ClN2O2S. The van der Waals surface area contributed by atoms with Crippen molar-refractivity contribution in [3.63, 3.8) is 0 Å². The molecule has 0 fully saturated rings. The van der Waals surface area contributed by atoms with Crippen LogP contribution in [0.2, 0.25) is 0 Å². The molecule has 1 amide bonds. The summed E-state index contributed by atoms with van der Waals surface area (Å²) < 4.78 is 0. The number of carbonyl (C=O) groups is 2. The van der Waals surface area contributed by atoms with E-state index >= 15 is 0 Å². The normalized spacial score (nSPS) is 11.5. The highest BCUT2D eigenvalue weighted by molar-refractivity contribution is 7.12. The first kappa shape index (κ1) is 17.1. The van der Waals surface area contributed by atoms with E-state index in [1.807, 2.05) is 13.8 Å². The summed E-state index contributed by atoms with van der Waals surface area (Å²) in [6.07, 6.45) is 0. The van der Waals surface area contributed by atoms with E-state index in [-0.39, 0.29) is 30.1 Å². The average molecular weight is 291 g/mol. The lowest BCUT2D eigenvalue weighted by Gasteiger charge is -2.12. The predicted molar refractivity (Wildman–Crippen MR) is 77.0 cm³/mol. The number of halogens is 1. The SMILES string of the molecule is CCN[C@H](C)CNC(=O)c1cc(C(C)=O)cs1.Cl. The first-order valence-electron chi connectivity index (χ1n) is 5.65. The molecule has 1 aromatic rings. The highest BCUT2D eigenvalue weighted by Crippen LogP contribution is 2.14. The van der Waals surface area contributed by atoms with Crippen LogP contribution >= 0.6 is 23.7 Å². The molecule has 1 aromatic heterocycles. The number of rotatable bonds is 6. The van der Waals surface area contributed by atoms with Crippen LogP contribution in [-0.4, -0.2) is 30.8 Å². The first-order valence-corrected chi connectivity index (χ1v) is 6.53. The highest BCUT2D eigenvalue weighted by atomic mass is 35.5. The minimum Gasteiger partial charge on any atom is -0.350 e. The van der Waals surface area contributed by atoms with Crippen molar-refractivity contribution in [2.45, 2.75) is 26.8 Å². The third-order valence-corrected chi connectivity index (χ3v) is 3.28. The molecule has 2 N–H and O–H groups in total. The van der Waals surface area contributed by atoms with Crippen molar-refractivity contribution in [3.05, 3.63) is 21.9 Å². The summed E-state index contributed by atoms with van der Waals surface area (Å²) in [5, 5.41) is 7.76. The zero-order valence-electron chi connectivity index (χ0n) is 10.8. The largest absolute Gasteiger partial charge is 0.350 e. The zero-order chi connectivity index (χ0) is 12.8. The standard InChI is InChI=1S/C12H18N2O2S.ClH/c1-4-13-8(2)6-14-12(16)11-5-10(7-17-11)9(3)15;/h5,7-8,13H,4,6H2,1-3H3,(H,14,16);1H/t8-;/m1./s1. The lowest BCUT2D eigenvalue weighted by molar-refractivity contribution is 0.0954. The summed E-state index contributed by atoms with van der Waals surface area (Å²) in [5.41, 5.74) is 0.597. The second-order valence-electron chi connectivity index (χ2n) is 3.92. The van der Waals surface area contributed by atoms with Crippen LogP contribution in [0, 0.1) is 0 Å². The van der Waals surface area contributed by atoms with Crippen molar-refractivity contribution >= 4 is 35.4 Å². The molecule has 18 heavy (non-hydrogen) atoms. The molecule has 0 saturated heterocycles. The Bertz CT molecular complexity index is 407. The van der Waals surface area contributed by atoms with Crippen molar-refractivity contribution in [3.8, 4) is 0 Å². The fraction of sp³-hybridized carbons (Fsp3) is 0.500. The Kier molecular flexibility index (Phi) is 7.82. The van der Waals surface area contributed by atoms with Gasteiger partial charge in [0, 0.05) is 23.5 Å². The quantitative estimate of drug-likeness (QED) is 0.789. The topological polar surface area (TPSA) is 58.2 Å². The van der Waals surface area contributed by atoms with E-state index in [4.69, 9.17) is 0 Å². The molecule has 0 aliphatic heterocycles. The molecule has 6 heteroatoms. The van der Waals surface area contributed by atoms with Crippen LogP contribution in [0.15, 0.2) is 11.4 Å². The number of hydrogen-bond acceptors (Lipinski definition) is 4. The molecule has 0 aliphatic carbocycles. The van der Waals surface area contributed by atoms with E-state index in [1.54, 1.807) is 11.4 Å². The number of amides is 1. The smallest absolute Gasteiger partial charge is 0.261 e. The summed E-state index contributed by atoms with van der Waals surface area (Å²) in [7, 11) is 0. The maximum absolute atomic E-state index is 11.7. The van der Waals surface area contributed by atoms with Crippen molar-refractivity contribution in [1.29, 1.82) is 0 Å². The maximum Gasteiger partial charge on any atom is 0.261 e. The van der Waals surface area contributed by atoms with Crippen molar-refractivity contribution in [2.24, 2.45) is 0 Å². The number of ketones is 1. The van der Waals surface area contributed by atoms with Gasteiger partial charge in [0.05, 0.1) is 4.88 Å². The number of nitrogens with one attached hydrogen (secondary N) is 2. The molecular weight excluding hydrogens is 272 g/mol. The molecule has 1 rings (SSSR count). The van der Waals surface area contributed by atoms with E-state index in [1.165, 1.54) is 18.3 Å². The fourth-order valence-electron chi connectivity index (χ4n) is 1.39. The van der Waals surface area contributed by atoms with Gasteiger partial charge in [0.1, 0.15) is 0 Å². The Morgan fingerprint density at radius 2 is 2.11 bits per heavy atom. The van der Waals surface area contributed by atoms with Gasteiger partial charge in [-0.2, -0.15) is 0 Å². The van der Waals surface area contributed by atoms with Gasteiger partial charge in [-0.05, 0) is 26.5 Å². The van der Waals surface area contributed by atoms with Crippen molar-refractivity contribution in [1.82, 2.24) is 10.6 Å². The number of thiophene rings is 1. The molecule has 0 spiro atoms. The van der Waals surface area contributed by atoms with Gasteiger partial charge in [-0.1, -0.05) is 6.92 Å². The Morgan fingerprint density at radius 3 is 2.61 bits per heavy atom. The number of Topliss-reactive ketones (excluding diaryl/α,β-unsaturated/α-hetero) is 1. The van der Waals surface area contributed by atoms with Gasteiger partial charge < -0.3 is 10.6 Å². The van der Waals surface area contributed by atoms with Crippen LogP contribution in [-0.2, 0) is 0 Å². The molecule has 0 radical (unpaired) electrons. The van der Waals surface area contributed by atoms with Gasteiger partial charge in [0.25, 0.3) is 5.91 Å². The first-order chi connectivity index (χ1) is 8.04. The number of likely N-dealkylation sites (N-methyl/N-ethyl adjacent to an activating group) is 1. The van der Waals surface area contributed by atoms with Crippen LogP contribution in [0.5, 0.6) is 0 Å². The van der Waals surface area contributed by atoms with Crippen LogP contribution in [0.4, 0.5) is 0 Å². The summed E-state index contributed by atoms with van der Waals surface area (Å²) in [4.78, 5) is 23.4. The molecule has 102 valence electrons. The summed E-state index contributed by atoms with van der Waals surface area (Å²) >= 11 is 1.30.